The van der Waals surface area contributed by atoms with Crippen LogP contribution >= 0.6 is 0 Å². The highest BCUT2D eigenvalue weighted by atomic mass is 15.2. The lowest BCUT2D eigenvalue weighted by atomic mass is 9.32. The first-order chi connectivity index (χ1) is 41.2. The average molecular weight is 1050 g/mol. The summed E-state index contributed by atoms with van der Waals surface area (Å²) in [6.45, 7) is -0.112. The van der Waals surface area contributed by atoms with Crippen LogP contribution in [0.2, 0.25) is 0 Å². The maximum atomic E-state index is 2.68. The van der Waals surface area contributed by atoms with E-state index in [2.05, 4.69) is 312 Å². The van der Waals surface area contributed by atoms with E-state index in [0.29, 0.717) is 0 Å². The molecule has 0 fully saturated rings. The summed E-state index contributed by atoms with van der Waals surface area (Å²) in [5.74, 6) is 0. The van der Waals surface area contributed by atoms with Crippen molar-refractivity contribution >= 4 is 102 Å². The Morgan fingerprint density at radius 3 is 1.13 bits per heavy atom. The third-order valence-corrected chi connectivity index (χ3v) is 18.4. The summed E-state index contributed by atoms with van der Waals surface area (Å²) in [5.41, 5.74) is 33.3. The van der Waals surface area contributed by atoms with Crippen LogP contribution in [0.1, 0.15) is 0 Å². The molecule has 0 N–H and O–H groups in total. The predicted molar refractivity (Wildman–Crippen MR) is 352 cm³/mol. The van der Waals surface area contributed by atoms with Crippen LogP contribution in [0.5, 0.6) is 0 Å². The molecular weight excluding hydrogens is 1000 g/mol. The number of aromatic nitrogens is 1. The summed E-state index contributed by atoms with van der Waals surface area (Å²) in [7, 11) is 0. The molecule has 4 aliphatic rings. The van der Waals surface area contributed by atoms with Gasteiger partial charge in [-0.2, -0.15) is 0 Å². The van der Waals surface area contributed by atoms with Gasteiger partial charge in [0.25, 0.3) is 6.71 Å². The minimum Gasteiger partial charge on any atom is -0.312 e. The lowest BCUT2D eigenvalue weighted by molar-refractivity contribution is 1.15. The number of anilines is 6. The van der Waals surface area contributed by atoms with Gasteiger partial charge in [0.2, 0.25) is 6.71 Å². The minimum atomic E-state index is -0.101. The summed E-state index contributed by atoms with van der Waals surface area (Å²) >= 11 is 0. The molecule has 0 radical (unpaired) electrons. The van der Waals surface area contributed by atoms with E-state index < -0.39 is 0 Å². The highest BCUT2D eigenvalue weighted by Gasteiger charge is 2.52. The SMILES string of the molecule is c1ccc(-c2ccc(N(c3ccc(-c4ccccc4)cc3)c3c(-n4c5ccc(-c6ccccc6)cc5c5cc(-c6ccccc6)ccc54)cc4c5c3B3c6ccccc6-c6cccc(c63)N5c3cccc5c3B4c3ccccc3-5)cc2)cc1. The second kappa shape index (κ2) is 17.9. The zero-order chi connectivity index (χ0) is 54.3. The van der Waals surface area contributed by atoms with Crippen molar-refractivity contribution in [1.29, 1.82) is 0 Å². The monoisotopic (exact) mass is 1050 g/mol. The first-order valence-electron chi connectivity index (χ1n) is 29.0. The molecule has 4 aliphatic heterocycles. The van der Waals surface area contributed by atoms with Gasteiger partial charge in [-0.3, -0.25) is 0 Å². The Kier molecular flexibility index (Phi) is 9.98. The van der Waals surface area contributed by atoms with Crippen molar-refractivity contribution in [3.63, 3.8) is 0 Å². The van der Waals surface area contributed by atoms with Crippen LogP contribution in [0.4, 0.5) is 34.1 Å². The van der Waals surface area contributed by atoms with Gasteiger partial charge >= 0.3 is 0 Å². The molecule has 83 heavy (non-hydrogen) atoms. The largest absolute Gasteiger partial charge is 0.312 e. The van der Waals surface area contributed by atoms with Gasteiger partial charge in [0, 0.05) is 39.2 Å². The molecule has 0 saturated heterocycles. The number of hydrogen-bond acceptors (Lipinski definition) is 2. The van der Waals surface area contributed by atoms with Crippen molar-refractivity contribution in [3.8, 4) is 72.4 Å². The molecule has 0 saturated carbocycles. The number of nitrogens with zero attached hydrogens (tertiary/aromatic N) is 3. The van der Waals surface area contributed by atoms with Crippen LogP contribution in [0, 0.1) is 0 Å². The van der Waals surface area contributed by atoms with Gasteiger partial charge in [-0.15, -0.1) is 0 Å². The summed E-state index contributed by atoms with van der Waals surface area (Å²) in [6.07, 6.45) is 0. The lowest BCUT2D eigenvalue weighted by Gasteiger charge is -2.45. The fraction of sp³-hybridized carbons (Fsp3) is 0. The number of benzene rings is 13. The molecule has 5 heteroatoms. The molecule has 0 aliphatic carbocycles. The molecule has 5 heterocycles. The maximum absolute atomic E-state index is 2.68. The Hall–Kier alpha value is -10.6. The van der Waals surface area contributed by atoms with Crippen molar-refractivity contribution in [2.24, 2.45) is 0 Å². The summed E-state index contributed by atoms with van der Waals surface area (Å²) in [6, 6.07) is 111. The van der Waals surface area contributed by atoms with Crippen LogP contribution < -0.4 is 42.6 Å². The Bertz CT molecular complexity index is 4770. The van der Waals surface area contributed by atoms with Gasteiger partial charge in [0.05, 0.1) is 22.4 Å². The fourth-order valence-electron chi connectivity index (χ4n) is 14.9. The van der Waals surface area contributed by atoms with E-state index >= 15 is 0 Å². The summed E-state index contributed by atoms with van der Waals surface area (Å²) in [4.78, 5) is 5.30. The molecule has 13 aromatic carbocycles. The molecule has 1 aromatic heterocycles. The van der Waals surface area contributed by atoms with Crippen molar-refractivity contribution in [2.45, 2.75) is 0 Å². The Morgan fingerprint density at radius 2 is 0.651 bits per heavy atom. The van der Waals surface area contributed by atoms with Crippen LogP contribution in [-0.4, -0.2) is 18.0 Å². The highest BCUT2D eigenvalue weighted by molar-refractivity contribution is 7.06. The second-order valence-corrected chi connectivity index (χ2v) is 22.6. The molecule has 14 aromatic rings. The van der Waals surface area contributed by atoms with Crippen molar-refractivity contribution in [1.82, 2.24) is 4.57 Å². The first-order valence-corrected chi connectivity index (χ1v) is 29.0. The number of fused-ring (bicyclic) bond motifs is 13. The Morgan fingerprint density at radius 1 is 0.265 bits per heavy atom. The average Bonchev–Trinajstić information content (AvgIpc) is 1.69. The van der Waals surface area contributed by atoms with Gasteiger partial charge in [-0.05, 0) is 155 Å². The van der Waals surface area contributed by atoms with Crippen LogP contribution in [0.25, 0.3) is 94.3 Å². The Balaban J connectivity index is 1.02. The maximum Gasteiger partial charge on any atom is 0.251 e. The standard InChI is InChI=1S/C78H49B2N3/c1-5-19-50(20-6-1)54-35-41-58(42-36-54)81(59-43-37-55(38-44-59)51-21-7-2-8-22-51)78-73(82-69-45-39-56(52-23-9-3-10-24-52)47-64(69)65-48-57(40-46-70(65)82)53-25-11-4-12-26-53)49-68-77-76(78)80-67-32-16-14-28-61(67)63-30-18-34-72(75(63)80)83(77)71-33-17-29-62-60-27-13-15-31-66(60)79(68)74(62)71/h1-49H. The normalized spacial score (nSPS) is 12.7. The van der Waals surface area contributed by atoms with Crippen LogP contribution in [-0.2, 0) is 0 Å². The molecule has 0 atom stereocenters. The van der Waals surface area contributed by atoms with Gasteiger partial charge in [0.15, 0.2) is 0 Å². The van der Waals surface area contributed by atoms with E-state index in [1.807, 2.05) is 0 Å². The lowest BCUT2D eigenvalue weighted by Crippen LogP contribution is -2.63. The van der Waals surface area contributed by atoms with E-state index in [-0.39, 0.29) is 13.4 Å². The van der Waals surface area contributed by atoms with Gasteiger partial charge in [-0.25, -0.2) is 0 Å². The van der Waals surface area contributed by atoms with E-state index in [9.17, 15) is 0 Å². The number of hydrogen-bond donors (Lipinski definition) is 0. The third kappa shape index (κ3) is 6.77. The molecule has 0 spiro atoms. The van der Waals surface area contributed by atoms with E-state index in [1.54, 1.807) is 0 Å². The molecule has 0 unspecified atom stereocenters. The third-order valence-electron chi connectivity index (χ3n) is 18.4. The van der Waals surface area contributed by atoms with Gasteiger partial charge in [0.1, 0.15) is 0 Å². The zero-order valence-corrected chi connectivity index (χ0v) is 45.3. The second-order valence-electron chi connectivity index (χ2n) is 22.6. The molecule has 382 valence electrons. The Labute approximate surface area is 483 Å². The van der Waals surface area contributed by atoms with Gasteiger partial charge < -0.3 is 14.4 Å². The van der Waals surface area contributed by atoms with Crippen molar-refractivity contribution in [3.05, 3.63) is 297 Å². The summed E-state index contributed by atoms with van der Waals surface area (Å²) in [5, 5.41) is 2.42. The predicted octanol–water partition coefficient (Wildman–Crippen LogP) is 16.0. The van der Waals surface area contributed by atoms with Crippen molar-refractivity contribution in [2.75, 3.05) is 9.80 Å². The minimum absolute atomic E-state index is 0.0113. The van der Waals surface area contributed by atoms with Crippen LogP contribution in [0.15, 0.2) is 297 Å². The molecule has 0 bridgehead atoms. The number of rotatable bonds is 8. The highest BCUT2D eigenvalue weighted by Crippen LogP contribution is 2.50. The summed E-state index contributed by atoms with van der Waals surface area (Å²) < 4.78 is 2.64. The van der Waals surface area contributed by atoms with Gasteiger partial charge in [-0.1, -0.05) is 241 Å². The van der Waals surface area contributed by atoms with E-state index in [1.165, 1.54) is 127 Å². The fourth-order valence-corrected chi connectivity index (χ4v) is 14.9. The molecular formula is C78H49B2N3. The van der Waals surface area contributed by atoms with E-state index in [4.69, 9.17) is 0 Å². The van der Waals surface area contributed by atoms with E-state index in [0.717, 1.165) is 33.8 Å². The molecule has 0 amide bonds. The smallest absolute Gasteiger partial charge is 0.251 e. The topological polar surface area (TPSA) is 11.4 Å². The zero-order valence-electron chi connectivity index (χ0n) is 45.3. The van der Waals surface area contributed by atoms with Crippen molar-refractivity contribution < 1.29 is 0 Å². The molecule has 18 rings (SSSR count). The first kappa shape index (κ1) is 46.2. The van der Waals surface area contributed by atoms with Crippen LogP contribution in [0.3, 0.4) is 0 Å². The quantitative estimate of drug-likeness (QED) is 0.141. The molecule has 3 nitrogen and oxygen atoms in total.